The number of furan rings is 1. The van der Waals surface area contributed by atoms with Crippen LogP contribution < -0.4 is 0 Å². The molecule has 1 saturated heterocycles. The van der Waals surface area contributed by atoms with E-state index >= 15 is 0 Å². The Morgan fingerprint density at radius 2 is 1.88 bits per heavy atom. The third kappa shape index (κ3) is 3.03. The summed E-state index contributed by atoms with van der Waals surface area (Å²) in [6.45, 7) is 5.65. The van der Waals surface area contributed by atoms with Crippen molar-refractivity contribution < 1.29 is 18.7 Å². The Hall–Kier alpha value is -2.30. The lowest BCUT2D eigenvalue weighted by Crippen LogP contribution is -2.49. The number of amides is 1. The summed E-state index contributed by atoms with van der Waals surface area (Å²) >= 11 is 0. The van der Waals surface area contributed by atoms with Gasteiger partial charge >= 0.3 is 5.97 Å². The first-order valence-corrected chi connectivity index (χ1v) is 8.45. The zero-order valence-electron chi connectivity index (χ0n) is 14.4. The van der Waals surface area contributed by atoms with E-state index in [-0.39, 0.29) is 30.4 Å². The molecule has 5 nitrogen and oxygen atoms in total. The summed E-state index contributed by atoms with van der Waals surface area (Å²) in [6, 6.07) is 7.82. The van der Waals surface area contributed by atoms with Gasteiger partial charge in [-0.3, -0.25) is 4.79 Å². The number of likely N-dealkylation sites (tertiary alicyclic amines) is 1. The van der Waals surface area contributed by atoms with Crippen molar-refractivity contribution in [3.8, 4) is 0 Å². The highest BCUT2D eigenvalue weighted by Gasteiger charge is 2.30. The minimum atomic E-state index is -0.589. The van der Waals surface area contributed by atoms with Crippen molar-refractivity contribution in [3.63, 3.8) is 0 Å². The first-order valence-electron chi connectivity index (χ1n) is 8.45. The summed E-state index contributed by atoms with van der Waals surface area (Å²) in [5.41, 5.74) is 1.38. The fraction of sp³-hybridized carbons (Fsp3) is 0.474. The van der Waals surface area contributed by atoms with Crippen LogP contribution in [0.4, 0.5) is 0 Å². The number of carbonyl (C=O) groups is 2. The summed E-state index contributed by atoms with van der Waals surface area (Å²) < 4.78 is 10.8. The van der Waals surface area contributed by atoms with E-state index in [0.29, 0.717) is 5.58 Å². The molecule has 0 aliphatic carbocycles. The van der Waals surface area contributed by atoms with Crippen LogP contribution in [0.2, 0.25) is 0 Å². The van der Waals surface area contributed by atoms with E-state index in [0.717, 1.165) is 30.2 Å². The maximum Gasteiger partial charge on any atom is 0.375 e. The normalized spacial score (nSPS) is 21.0. The molecule has 24 heavy (non-hydrogen) atoms. The number of rotatable bonds is 3. The fourth-order valence-electron chi connectivity index (χ4n) is 3.55. The highest BCUT2D eigenvalue weighted by Crippen LogP contribution is 2.26. The highest BCUT2D eigenvalue weighted by atomic mass is 16.5. The predicted octanol–water partition coefficient (Wildman–Crippen LogP) is 3.69. The Balaban J connectivity index is 1.68. The van der Waals surface area contributed by atoms with Crippen molar-refractivity contribution in [2.75, 3.05) is 6.61 Å². The SMILES string of the molecule is Cc1c(C(=O)OCC(=O)N2[C@H](C)CCC[C@@H]2C)oc2ccccc12. The molecule has 1 aromatic heterocycles. The van der Waals surface area contributed by atoms with Gasteiger partial charge in [0, 0.05) is 23.0 Å². The van der Waals surface area contributed by atoms with Gasteiger partial charge in [-0.25, -0.2) is 4.79 Å². The molecule has 0 spiro atoms. The molecule has 0 bridgehead atoms. The van der Waals surface area contributed by atoms with E-state index in [1.165, 1.54) is 0 Å². The zero-order valence-corrected chi connectivity index (χ0v) is 14.4. The maximum atomic E-state index is 12.4. The molecular formula is C19H23NO4. The standard InChI is InChI=1S/C19H23NO4/c1-12-7-6-8-13(2)20(12)17(21)11-23-19(22)18-14(3)15-9-4-5-10-16(15)24-18/h4-5,9-10,12-13H,6-8,11H2,1-3H3/t12-,13+. The summed E-state index contributed by atoms with van der Waals surface area (Å²) in [4.78, 5) is 26.6. The number of benzene rings is 1. The number of carbonyl (C=O) groups excluding carboxylic acids is 2. The predicted molar refractivity (Wildman–Crippen MR) is 90.9 cm³/mol. The minimum absolute atomic E-state index is 0.142. The van der Waals surface area contributed by atoms with Crippen LogP contribution in [0.15, 0.2) is 28.7 Å². The molecule has 2 atom stereocenters. The summed E-state index contributed by atoms with van der Waals surface area (Å²) in [5.74, 6) is -0.560. The van der Waals surface area contributed by atoms with Gasteiger partial charge in [-0.05, 0) is 46.1 Å². The first kappa shape index (κ1) is 16.6. The Morgan fingerprint density at radius 1 is 1.21 bits per heavy atom. The zero-order chi connectivity index (χ0) is 17.3. The van der Waals surface area contributed by atoms with E-state index in [1.807, 2.05) is 43.9 Å². The van der Waals surface area contributed by atoms with Crippen LogP contribution in [0.25, 0.3) is 11.0 Å². The van der Waals surface area contributed by atoms with Gasteiger partial charge in [0.15, 0.2) is 6.61 Å². The minimum Gasteiger partial charge on any atom is -0.450 e. The largest absolute Gasteiger partial charge is 0.450 e. The molecule has 1 aromatic carbocycles. The summed E-state index contributed by atoms with van der Waals surface area (Å²) in [5, 5.41) is 0.883. The van der Waals surface area contributed by atoms with E-state index in [1.54, 1.807) is 6.07 Å². The van der Waals surface area contributed by atoms with Gasteiger partial charge in [0.1, 0.15) is 5.58 Å². The van der Waals surface area contributed by atoms with Gasteiger partial charge in [-0.2, -0.15) is 0 Å². The molecule has 128 valence electrons. The second kappa shape index (κ2) is 6.67. The van der Waals surface area contributed by atoms with Gasteiger partial charge < -0.3 is 14.1 Å². The smallest absolute Gasteiger partial charge is 0.375 e. The van der Waals surface area contributed by atoms with Crippen molar-refractivity contribution in [1.29, 1.82) is 0 Å². The molecule has 2 aromatic rings. The fourth-order valence-corrected chi connectivity index (χ4v) is 3.55. The van der Waals surface area contributed by atoms with Crippen LogP contribution in [0, 0.1) is 6.92 Å². The summed E-state index contributed by atoms with van der Waals surface area (Å²) in [7, 11) is 0. The van der Waals surface area contributed by atoms with Crippen LogP contribution in [-0.4, -0.2) is 35.5 Å². The van der Waals surface area contributed by atoms with Gasteiger partial charge in [-0.1, -0.05) is 18.2 Å². The Bertz CT molecular complexity index is 754. The van der Waals surface area contributed by atoms with E-state index < -0.39 is 5.97 Å². The van der Waals surface area contributed by atoms with E-state index in [2.05, 4.69) is 0 Å². The van der Waals surface area contributed by atoms with Gasteiger partial charge in [0.05, 0.1) is 0 Å². The van der Waals surface area contributed by atoms with Crippen LogP contribution in [-0.2, 0) is 9.53 Å². The van der Waals surface area contributed by atoms with Crippen molar-refractivity contribution in [3.05, 3.63) is 35.6 Å². The number of fused-ring (bicyclic) bond motifs is 1. The molecule has 3 rings (SSSR count). The summed E-state index contributed by atoms with van der Waals surface area (Å²) in [6.07, 6.45) is 3.11. The molecule has 1 amide bonds. The maximum absolute atomic E-state index is 12.4. The first-order chi connectivity index (χ1) is 11.5. The average molecular weight is 329 g/mol. The molecular weight excluding hydrogens is 306 g/mol. The van der Waals surface area contributed by atoms with E-state index in [4.69, 9.17) is 9.15 Å². The molecule has 0 radical (unpaired) electrons. The number of para-hydroxylation sites is 1. The van der Waals surface area contributed by atoms with Gasteiger partial charge in [0.25, 0.3) is 5.91 Å². The van der Waals surface area contributed by atoms with Gasteiger partial charge in [0.2, 0.25) is 5.76 Å². The lowest BCUT2D eigenvalue weighted by atomic mass is 9.97. The van der Waals surface area contributed by atoms with Crippen molar-refractivity contribution >= 4 is 22.8 Å². The molecule has 0 unspecified atom stereocenters. The number of ether oxygens (including phenoxy) is 1. The van der Waals surface area contributed by atoms with Crippen LogP contribution in [0.3, 0.4) is 0 Å². The second-order valence-electron chi connectivity index (χ2n) is 6.56. The Labute approximate surface area is 141 Å². The number of nitrogens with zero attached hydrogens (tertiary/aromatic N) is 1. The van der Waals surface area contributed by atoms with Crippen molar-refractivity contribution in [2.45, 2.75) is 52.1 Å². The quantitative estimate of drug-likeness (QED) is 0.806. The number of aryl methyl sites for hydroxylation is 1. The number of esters is 1. The number of piperidine rings is 1. The third-order valence-electron chi connectivity index (χ3n) is 4.84. The highest BCUT2D eigenvalue weighted by molar-refractivity contribution is 5.96. The molecule has 0 saturated carbocycles. The van der Waals surface area contributed by atoms with Crippen molar-refractivity contribution in [2.24, 2.45) is 0 Å². The average Bonchev–Trinajstić information content (AvgIpc) is 2.90. The van der Waals surface area contributed by atoms with Crippen molar-refractivity contribution in [1.82, 2.24) is 4.90 Å². The topological polar surface area (TPSA) is 59.8 Å². The monoisotopic (exact) mass is 329 g/mol. The van der Waals surface area contributed by atoms with Crippen LogP contribution >= 0.6 is 0 Å². The van der Waals surface area contributed by atoms with Gasteiger partial charge in [-0.15, -0.1) is 0 Å². The molecule has 1 aliphatic heterocycles. The number of hydrogen-bond acceptors (Lipinski definition) is 4. The van der Waals surface area contributed by atoms with Crippen LogP contribution in [0.5, 0.6) is 0 Å². The van der Waals surface area contributed by atoms with E-state index in [9.17, 15) is 9.59 Å². The lowest BCUT2D eigenvalue weighted by Gasteiger charge is -2.38. The third-order valence-corrected chi connectivity index (χ3v) is 4.84. The molecule has 5 heteroatoms. The Morgan fingerprint density at radius 3 is 2.54 bits per heavy atom. The second-order valence-corrected chi connectivity index (χ2v) is 6.56. The molecule has 1 fully saturated rings. The number of hydrogen-bond donors (Lipinski definition) is 0. The molecule has 1 aliphatic rings. The van der Waals surface area contributed by atoms with Crippen LogP contribution in [0.1, 0.15) is 49.2 Å². The molecule has 2 heterocycles. The lowest BCUT2D eigenvalue weighted by molar-refractivity contribution is -0.140. The molecule has 0 N–H and O–H groups in total. The Kier molecular flexibility index (Phi) is 4.60.